The summed E-state index contributed by atoms with van der Waals surface area (Å²) in [4.78, 5) is 14.7. The average Bonchev–Trinajstić information content (AvgIpc) is 2.42. The monoisotopic (exact) mass is 252 g/mol. The van der Waals surface area contributed by atoms with E-state index in [-0.39, 0.29) is 0 Å². The van der Waals surface area contributed by atoms with Crippen LogP contribution in [0.15, 0.2) is 0 Å². The molecule has 0 aromatic carbocycles. The molecule has 2 rings (SSSR count). The van der Waals surface area contributed by atoms with Crippen LogP contribution in [0.1, 0.15) is 64.2 Å². The largest absolute Gasteiger partial charge is 0.336 e. The molecule has 2 fully saturated rings. The molecule has 0 aliphatic heterocycles. The maximum absolute atomic E-state index is 12.4. The Hall–Kier alpha value is -0.570. The lowest BCUT2D eigenvalue weighted by Crippen LogP contribution is -2.51. The second-order valence-electron chi connectivity index (χ2n) is 5.92. The van der Waals surface area contributed by atoms with E-state index in [1.54, 1.807) is 0 Å². The van der Waals surface area contributed by atoms with Crippen molar-refractivity contribution < 1.29 is 4.79 Å². The van der Waals surface area contributed by atoms with Crippen molar-refractivity contribution in [3.63, 3.8) is 0 Å². The van der Waals surface area contributed by atoms with Crippen LogP contribution in [0, 0.1) is 0 Å². The Morgan fingerprint density at radius 2 is 1.39 bits per heavy atom. The van der Waals surface area contributed by atoms with Crippen molar-refractivity contribution in [2.45, 2.75) is 76.3 Å². The molecule has 0 saturated heterocycles. The van der Waals surface area contributed by atoms with Gasteiger partial charge in [-0.25, -0.2) is 0 Å². The number of nitrogens with one attached hydrogen (secondary N) is 1. The topological polar surface area (TPSA) is 32.3 Å². The standard InChI is InChI=1S/C15H28N2O/c1-16-12-15(18)17(13-8-4-2-5-9-13)14-10-6-3-7-11-14/h13-14,16H,2-12H2,1H3. The van der Waals surface area contributed by atoms with E-state index in [0.717, 1.165) is 0 Å². The molecular weight excluding hydrogens is 224 g/mol. The van der Waals surface area contributed by atoms with Crippen molar-refractivity contribution >= 4 is 5.91 Å². The molecule has 0 bridgehead atoms. The van der Waals surface area contributed by atoms with E-state index in [1.165, 1.54) is 64.2 Å². The molecule has 104 valence electrons. The van der Waals surface area contributed by atoms with Crippen molar-refractivity contribution in [1.82, 2.24) is 10.2 Å². The first-order valence-electron chi connectivity index (χ1n) is 7.78. The summed E-state index contributed by atoms with van der Waals surface area (Å²) in [6.07, 6.45) is 12.9. The summed E-state index contributed by atoms with van der Waals surface area (Å²) in [6.45, 7) is 0.507. The first-order chi connectivity index (χ1) is 8.83. The first-order valence-corrected chi connectivity index (χ1v) is 7.78. The summed E-state index contributed by atoms with van der Waals surface area (Å²) in [5.74, 6) is 0.330. The molecule has 0 spiro atoms. The lowest BCUT2D eigenvalue weighted by Gasteiger charge is -2.41. The summed E-state index contributed by atoms with van der Waals surface area (Å²) in [7, 11) is 1.87. The van der Waals surface area contributed by atoms with Gasteiger partial charge in [-0.05, 0) is 32.7 Å². The van der Waals surface area contributed by atoms with Crippen LogP contribution in [0.25, 0.3) is 0 Å². The molecule has 2 aliphatic rings. The van der Waals surface area contributed by atoms with Crippen molar-refractivity contribution in [2.24, 2.45) is 0 Å². The highest BCUT2D eigenvalue weighted by Gasteiger charge is 2.31. The molecule has 1 N–H and O–H groups in total. The van der Waals surface area contributed by atoms with Crippen LogP contribution < -0.4 is 5.32 Å². The molecule has 0 aromatic rings. The predicted molar refractivity (Wildman–Crippen MR) is 74.5 cm³/mol. The minimum Gasteiger partial charge on any atom is -0.336 e. The number of carbonyl (C=O) groups is 1. The highest BCUT2D eigenvalue weighted by Crippen LogP contribution is 2.30. The Labute approximate surface area is 111 Å². The zero-order chi connectivity index (χ0) is 12.8. The van der Waals surface area contributed by atoms with Gasteiger partial charge in [0.15, 0.2) is 0 Å². The first kappa shape index (κ1) is 13.9. The lowest BCUT2D eigenvalue weighted by molar-refractivity contribution is -0.136. The maximum Gasteiger partial charge on any atom is 0.237 e. The Morgan fingerprint density at radius 3 is 1.78 bits per heavy atom. The van der Waals surface area contributed by atoms with Crippen LogP contribution in [-0.4, -0.2) is 36.5 Å². The Balaban J connectivity index is 2.02. The third-order valence-corrected chi connectivity index (χ3v) is 4.55. The van der Waals surface area contributed by atoms with Gasteiger partial charge in [0.2, 0.25) is 5.91 Å². The Kier molecular flexibility index (Phi) is 5.48. The number of amides is 1. The molecule has 2 saturated carbocycles. The van der Waals surface area contributed by atoms with Crippen molar-refractivity contribution in [1.29, 1.82) is 0 Å². The fourth-order valence-corrected chi connectivity index (χ4v) is 3.67. The van der Waals surface area contributed by atoms with Gasteiger partial charge in [0.05, 0.1) is 6.54 Å². The molecule has 0 unspecified atom stereocenters. The van der Waals surface area contributed by atoms with Crippen molar-refractivity contribution in [2.75, 3.05) is 13.6 Å². The van der Waals surface area contributed by atoms with Gasteiger partial charge in [-0.3, -0.25) is 4.79 Å². The molecule has 0 atom stereocenters. The van der Waals surface area contributed by atoms with Gasteiger partial charge in [0.25, 0.3) is 0 Å². The van der Waals surface area contributed by atoms with Gasteiger partial charge in [0, 0.05) is 12.1 Å². The van der Waals surface area contributed by atoms with Crippen LogP contribution in [0.2, 0.25) is 0 Å². The van der Waals surface area contributed by atoms with Crippen LogP contribution in [-0.2, 0) is 4.79 Å². The van der Waals surface area contributed by atoms with E-state index in [4.69, 9.17) is 0 Å². The quantitative estimate of drug-likeness (QED) is 0.834. The molecular formula is C15H28N2O. The number of carbonyl (C=O) groups excluding carboxylic acids is 1. The molecule has 3 nitrogen and oxygen atoms in total. The molecule has 18 heavy (non-hydrogen) atoms. The molecule has 0 heterocycles. The molecule has 0 radical (unpaired) electrons. The minimum atomic E-state index is 0.330. The molecule has 2 aliphatic carbocycles. The zero-order valence-corrected chi connectivity index (χ0v) is 11.8. The van der Waals surface area contributed by atoms with E-state index in [0.29, 0.717) is 24.5 Å². The number of rotatable bonds is 4. The number of nitrogens with zero attached hydrogens (tertiary/aromatic N) is 1. The maximum atomic E-state index is 12.4. The Morgan fingerprint density at radius 1 is 0.944 bits per heavy atom. The van der Waals surface area contributed by atoms with Gasteiger partial charge in [-0.1, -0.05) is 38.5 Å². The van der Waals surface area contributed by atoms with Gasteiger partial charge in [-0.2, -0.15) is 0 Å². The predicted octanol–water partition coefficient (Wildman–Crippen LogP) is 2.70. The number of likely N-dealkylation sites (N-methyl/N-ethyl adjacent to an activating group) is 1. The second-order valence-corrected chi connectivity index (χ2v) is 5.92. The summed E-state index contributed by atoms with van der Waals surface area (Å²) in [6, 6.07) is 1.06. The van der Waals surface area contributed by atoms with Crippen LogP contribution >= 0.6 is 0 Å². The van der Waals surface area contributed by atoms with Gasteiger partial charge in [0.1, 0.15) is 0 Å². The van der Waals surface area contributed by atoms with Crippen LogP contribution in [0.4, 0.5) is 0 Å². The van der Waals surface area contributed by atoms with Gasteiger partial charge in [-0.15, -0.1) is 0 Å². The highest BCUT2D eigenvalue weighted by atomic mass is 16.2. The van der Waals surface area contributed by atoms with E-state index >= 15 is 0 Å². The molecule has 0 aromatic heterocycles. The molecule has 3 heteroatoms. The van der Waals surface area contributed by atoms with Crippen molar-refractivity contribution in [3.05, 3.63) is 0 Å². The molecule has 1 amide bonds. The summed E-state index contributed by atoms with van der Waals surface area (Å²) < 4.78 is 0. The SMILES string of the molecule is CNCC(=O)N(C1CCCCC1)C1CCCCC1. The zero-order valence-electron chi connectivity index (χ0n) is 11.8. The normalized spacial score (nSPS) is 22.9. The third kappa shape index (κ3) is 3.47. The highest BCUT2D eigenvalue weighted by molar-refractivity contribution is 5.79. The summed E-state index contributed by atoms with van der Waals surface area (Å²) in [5, 5.41) is 3.03. The smallest absolute Gasteiger partial charge is 0.237 e. The van der Waals surface area contributed by atoms with E-state index in [1.807, 2.05) is 7.05 Å². The van der Waals surface area contributed by atoms with Crippen LogP contribution in [0.5, 0.6) is 0 Å². The van der Waals surface area contributed by atoms with E-state index in [2.05, 4.69) is 10.2 Å². The number of hydrogen-bond donors (Lipinski definition) is 1. The van der Waals surface area contributed by atoms with Gasteiger partial charge >= 0.3 is 0 Å². The average molecular weight is 252 g/mol. The summed E-state index contributed by atoms with van der Waals surface area (Å²) in [5.41, 5.74) is 0. The minimum absolute atomic E-state index is 0.330. The fraction of sp³-hybridized carbons (Fsp3) is 0.933. The number of hydrogen-bond acceptors (Lipinski definition) is 2. The van der Waals surface area contributed by atoms with Crippen LogP contribution in [0.3, 0.4) is 0 Å². The van der Waals surface area contributed by atoms with E-state index < -0.39 is 0 Å². The Bertz CT molecular complexity index is 237. The van der Waals surface area contributed by atoms with Crippen molar-refractivity contribution in [3.8, 4) is 0 Å². The third-order valence-electron chi connectivity index (χ3n) is 4.55. The lowest BCUT2D eigenvalue weighted by atomic mass is 9.88. The van der Waals surface area contributed by atoms with E-state index in [9.17, 15) is 4.79 Å². The second kappa shape index (κ2) is 7.13. The van der Waals surface area contributed by atoms with Gasteiger partial charge < -0.3 is 10.2 Å². The summed E-state index contributed by atoms with van der Waals surface area (Å²) >= 11 is 0. The fourth-order valence-electron chi connectivity index (χ4n) is 3.67.